The molecule has 1 N–H and O–H groups in total. The van der Waals surface area contributed by atoms with Crippen LogP contribution < -0.4 is 5.32 Å². The lowest BCUT2D eigenvalue weighted by Gasteiger charge is -2.03. The fourth-order valence-corrected chi connectivity index (χ4v) is 1.68. The van der Waals surface area contributed by atoms with Gasteiger partial charge in [-0.15, -0.1) is 0 Å². The standard InChI is InChI=1S/C14H24N2O3/c1-2-3-6-17-7-8-18-11-14-9-13(16-19-14)10-15-12-4-5-12/h9,12,15H,2-8,10-11H2,1H3. The average molecular weight is 268 g/mol. The molecule has 1 aromatic rings. The van der Waals surface area contributed by atoms with Gasteiger partial charge in [0.2, 0.25) is 0 Å². The largest absolute Gasteiger partial charge is 0.379 e. The van der Waals surface area contributed by atoms with E-state index in [1.165, 1.54) is 12.8 Å². The Balaban J connectivity index is 1.50. The summed E-state index contributed by atoms with van der Waals surface area (Å²) in [5.74, 6) is 0.779. The topological polar surface area (TPSA) is 56.5 Å². The van der Waals surface area contributed by atoms with E-state index in [1.807, 2.05) is 6.07 Å². The monoisotopic (exact) mass is 268 g/mol. The van der Waals surface area contributed by atoms with Gasteiger partial charge in [-0.1, -0.05) is 18.5 Å². The molecule has 5 nitrogen and oxygen atoms in total. The number of hydrogen-bond donors (Lipinski definition) is 1. The Morgan fingerprint density at radius 1 is 1.32 bits per heavy atom. The van der Waals surface area contributed by atoms with E-state index in [0.29, 0.717) is 25.9 Å². The molecule has 2 rings (SSSR count). The van der Waals surface area contributed by atoms with Crippen molar-refractivity contribution >= 4 is 0 Å². The lowest BCUT2D eigenvalue weighted by atomic mass is 10.3. The molecule has 1 aliphatic rings. The van der Waals surface area contributed by atoms with E-state index in [4.69, 9.17) is 14.0 Å². The van der Waals surface area contributed by atoms with Gasteiger partial charge in [-0.25, -0.2) is 0 Å². The first kappa shape index (κ1) is 14.5. The highest BCUT2D eigenvalue weighted by Gasteiger charge is 2.20. The van der Waals surface area contributed by atoms with E-state index in [0.717, 1.165) is 37.4 Å². The van der Waals surface area contributed by atoms with E-state index in [-0.39, 0.29) is 0 Å². The fourth-order valence-electron chi connectivity index (χ4n) is 1.68. The molecule has 1 heterocycles. The van der Waals surface area contributed by atoms with Crippen LogP contribution in [0.5, 0.6) is 0 Å². The molecule has 0 atom stereocenters. The second kappa shape index (κ2) is 8.30. The number of unbranched alkanes of at least 4 members (excludes halogenated alkanes) is 1. The van der Waals surface area contributed by atoms with E-state index >= 15 is 0 Å². The minimum Gasteiger partial charge on any atom is -0.379 e. The van der Waals surface area contributed by atoms with Crippen LogP contribution in [-0.2, 0) is 22.6 Å². The van der Waals surface area contributed by atoms with Crippen LogP contribution in [0.1, 0.15) is 44.1 Å². The van der Waals surface area contributed by atoms with Crippen LogP contribution in [0.3, 0.4) is 0 Å². The van der Waals surface area contributed by atoms with Crippen molar-refractivity contribution in [2.45, 2.75) is 51.8 Å². The summed E-state index contributed by atoms with van der Waals surface area (Å²) in [4.78, 5) is 0. The maximum absolute atomic E-state index is 5.47. The van der Waals surface area contributed by atoms with Crippen molar-refractivity contribution in [3.05, 3.63) is 17.5 Å². The molecule has 0 aliphatic heterocycles. The van der Waals surface area contributed by atoms with E-state index in [2.05, 4.69) is 17.4 Å². The van der Waals surface area contributed by atoms with Gasteiger partial charge in [0.1, 0.15) is 6.61 Å². The summed E-state index contributed by atoms with van der Waals surface area (Å²) in [6.07, 6.45) is 4.84. The zero-order valence-electron chi connectivity index (χ0n) is 11.7. The molecule has 1 aliphatic carbocycles. The molecule has 1 saturated carbocycles. The summed E-state index contributed by atoms with van der Waals surface area (Å²) in [6, 6.07) is 2.64. The minimum atomic E-state index is 0.466. The molecule has 1 aromatic heterocycles. The van der Waals surface area contributed by atoms with Crippen molar-refractivity contribution < 1.29 is 14.0 Å². The molecular weight excluding hydrogens is 244 g/mol. The lowest BCUT2D eigenvalue weighted by molar-refractivity contribution is 0.0323. The Hall–Kier alpha value is -0.910. The highest BCUT2D eigenvalue weighted by Crippen LogP contribution is 2.19. The van der Waals surface area contributed by atoms with Crippen LogP contribution in [-0.4, -0.2) is 31.0 Å². The predicted molar refractivity (Wildman–Crippen MR) is 71.7 cm³/mol. The van der Waals surface area contributed by atoms with Crippen LogP contribution in [0, 0.1) is 0 Å². The first-order valence-corrected chi connectivity index (χ1v) is 7.22. The molecule has 0 unspecified atom stereocenters. The number of aromatic nitrogens is 1. The Morgan fingerprint density at radius 3 is 2.95 bits per heavy atom. The number of nitrogens with zero attached hydrogens (tertiary/aromatic N) is 1. The van der Waals surface area contributed by atoms with Crippen molar-refractivity contribution in [2.24, 2.45) is 0 Å². The van der Waals surface area contributed by atoms with Crippen LogP contribution in [0.25, 0.3) is 0 Å². The number of hydrogen-bond acceptors (Lipinski definition) is 5. The number of rotatable bonds is 11. The number of ether oxygens (including phenoxy) is 2. The summed E-state index contributed by atoms with van der Waals surface area (Å²) < 4.78 is 16.1. The quantitative estimate of drug-likeness (QED) is 0.624. The summed E-state index contributed by atoms with van der Waals surface area (Å²) in [5.41, 5.74) is 0.949. The summed E-state index contributed by atoms with van der Waals surface area (Å²) in [7, 11) is 0. The molecule has 0 amide bonds. The van der Waals surface area contributed by atoms with Crippen LogP contribution in [0.4, 0.5) is 0 Å². The maximum atomic E-state index is 5.47. The van der Waals surface area contributed by atoms with Gasteiger partial charge in [-0.3, -0.25) is 0 Å². The highest BCUT2D eigenvalue weighted by molar-refractivity contribution is 5.04. The highest BCUT2D eigenvalue weighted by atomic mass is 16.5. The van der Waals surface area contributed by atoms with Crippen molar-refractivity contribution in [1.29, 1.82) is 0 Å². The zero-order chi connectivity index (χ0) is 13.3. The van der Waals surface area contributed by atoms with Crippen molar-refractivity contribution in [3.63, 3.8) is 0 Å². The third-order valence-electron chi connectivity index (χ3n) is 3.02. The van der Waals surface area contributed by atoms with Gasteiger partial charge in [0, 0.05) is 25.3 Å². The second-order valence-corrected chi connectivity index (χ2v) is 4.96. The Morgan fingerprint density at radius 2 is 2.16 bits per heavy atom. The third-order valence-corrected chi connectivity index (χ3v) is 3.02. The first-order chi connectivity index (χ1) is 9.38. The van der Waals surface area contributed by atoms with Gasteiger partial charge in [0.15, 0.2) is 5.76 Å². The van der Waals surface area contributed by atoms with Gasteiger partial charge in [-0.2, -0.15) is 0 Å². The third kappa shape index (κ3) is 6.18. The molecule has 19 heavy (non-hydrogen) atoms. The first-order valence-electron chi connectivity index (χ1n) is 7.22. The molecule has 1 fully saturated rings. The SMILES string of the molecule is CCCCOCCOCc1cc(CNC2CC2)no1. The van der Waals surface area contributed by atoms with Crippen molar-refractivity contribution in [3.8, 4) is 0 Å². The van der Waals surface area contributed by atoms with Gasteiger partial charge >= 0.3 is 0 Å². The Labute approximate surface area is 114 Å². The summed E-state index contributed by atoms with van der Waals surface area (Å²) >= 11 is 0. The molecule has 0 bridgehead atoms. The predicted octanol–water partition coefficient (Wildman–Crippen LogP) is 2.26. The van der Waals surface area contributed by atoms with Gasteiger partial charge in [-0.05, 0) is 19.3 Å². The van der Waals surface area contributed by atoms with Crippen LogP contribution in [0.2, 0.25) is 0 Å². The van der Waals surface area contributed by atoms with Crippen LogP contribution in [0.15, 0.2) is 10.6 Å². The van der Waals surface area contributed by atoms with E-state index in [9.17, 15) is 0 Å². The molecule has 5 heteroatoms. The lowest BCUT2D eigenvalue weighted by Crippen LogP contribution is -2.15. The summed E-state index contributed by atoms with van der Waals surface area (Å²) in [6.45, 7) is 5.46. The molecule has 0 radical (unpaired) electrons. The van der Waals surface area contributed by atoms with Gasteiger partial charge in [0.25, 0.3) is 0 Å². The smallest absolute Gasteiger partial charge is 0.162 e. The summed E-state index contributed by atoms with van der Waals surface area (Å²) in [5, 5.41) is 7.41. The molecule has 0 saturated heterocycles. The van der Waals surface area contributed by atoms with Gasteiger partial charge in [0.05, 0.1) is 18.9 Å². The second-order valence-electron chi connectivity index (χ2n) is 4.96. The van der Waals surface area contributed by atoms with Crippen molar-refractivity contribution in [2.75, 3.05) is 19.8 Å². The van der Waals surface area contributed by atoms with Crippen molar-refractivity contribution in [1.82, 2.24) is 10.5 Å². The molecule has 0 spiro atoms. The Bertz CT molecular complexity index is 350. The normalized spacial score (nSPS) is 15.0. The molecule has 108 valence electrons. The molecular formula is C14H24N2O3. The van der Waals surface area contributed by atoms with Gasteiger partial charge < -0.3 is 19.3 Å². The maximum Gasteiger partial charge on any atom is 0.162 e. The van der Waals surface area contributed by atoms with Crippen LogP contribution >= 0.6 is 0 Å². The molecule has 0 aromatic carbocycles. The minimum absolute atomic E-state index is 0.466. The average Bonchev–Trinajstić information content (AvgIpc) is 3.15. The zero-order valence-corrected chi connectivity index (χ0v) is 11.7. The Kier molecular flexibility index (Phi) is 6.33. The van der Waals surface area contributed by atoms with E-state index < -0.39 is 0 Å². The van der Waals surface area contributed by atoms with E-state index in [1.54, 1.807) is 0 Å². The fraction of sp³-hybridized carbons (Fsp3) is 0.786. The number of nitrogens with one attached hydrogen (secondary N) is 1.